The molecule has 12 heavy (non-hydrogen) atoms. The molecule has 0 spiro atoms. The van der Waals surface area contributed by atoms with Crippen LogP contribution in [0.5, 0.6) is 0 Å². The van der Waals surface area contributed by atoms with E-state index in [2.05, 4.69) is 24.4 Å². The van der Waals surface area contributed by atoms with Crippen molar-refractivity contribution in [3.63, 3.8) is 0 Å². The van der Waals surface area contributed by atoms with Gasteiger partial charge in [-0.15, -0.1) is 0 Å². The van der Waals surface area contributed by atoms with Crippen molar-refractivity contribution >= 4 is 5.70 Å². The molecule has 1 heteroatoms. The van der Waals surface area contributed by atoms with Crippen molar-refractivity contribution in [1.29, 1.82) is 0 Å². The van der Waals surface area contributed by atoms with Crippen LogP contribution >= 0.6 is 0 Å². The summed E-state index contributed by atoms with van der Waals surface area (Å²) in [5.74, 6) is 0. The van der Waals surface area contributed by atoms with Gasteiger partial charge in [-0.3, -0.25) is 5.32 Å². The van der Waals surface area contributed by atoms with E-state index in [4.69, 9.17) is 0 Å². The fraction of sp³-hybridized carbons (Fsp3) is 0.0909. The molecule has 0 unspecified atom stereocenters. The molecule has 59 valence electrons. The molecule has 0 aromatic heterocycles. The standard InChI is InChI=1S/C11H10N/c1-9-7-8-12-11(9)10-5-3-2-4-6-10/h2-8H,1H3. The van der Waals surface area contributed by atoms with Crippen LogP contribution in [0.2, 0.25) is 0 Å². The van der Waals surface area contributed by atoms with Crippen LogP contribution in [0.1, 0.15) is 12.5 Å². The highest BCUT2D eigenvalue weighted by Gasteiger charge is 2.07. The molecule has 0 atom stereocenters. The minimum absolute atomic E-state index is 1.09. The number of allylic oxidation sites excluding steroid dienone is 2. The molecule has 1 aromatic carbocycles. The van der Waals surface area contributed by atoms with Crippen molar-refractivity contribution in [2.75, 3.05) is 0 Å². The molecular formula is C11H10N. The molecule has 2 rings (SSSR count). The van der Waals surface area contributed by atoms with Gasteiger partial charge in [-0.1, -0.05) is 30.3 Å². The highest BCUT2D eigenvalue weighted by Crippen LogP contribution is 2.21. The van der Waals surface area contributed by atoms with Crippen LogP contribution in [-0.2, 0) is 0 Å². The van der Waals surface area contributed by atoms with Crippen LogP contribution in [0, 0.1) is 0 Å². The first-order valence-corrected chi connectivity index (χ1v) is 4.01. The molecule has 0 bridgehead atoms. The first-order chi connectivity index (χ1) is 5.88. The van der Waals surface area contributed by atoms with Gasteiger partial charge in [-0.2, -0.15) is 0 Å². The Bertz CT molecular complexity index is 333. The smallest absolute Gasteiger partial charge is 0.0731 e. The molecule has 0 N–H and O–H groups in total. The number of benzene rings is 1. The fourth-order valence-corrected chi connectivity index (χ4v) is 1.30. The lowest BCUT2D eigenvalue weighted by atomic mass is 10.1. The number of hydrogen-bond donors (Lipinski definition) is 0. The van der Waals surface area contributed by atoms with Gasteiger partial charge in [0.2, 0.25) is 0 Å². The first-order valence-electron chi connectivity index (χ1n) is 4.01. The lowest BCUT2D eigenvalue weighted by Crippen LogP contribution is -1.92. The van der Waals surface area contributed by atoms with Crippen LogP contribution in [0.25, 0.3) is 5.70 Å². The van der Waals surface area contributed by atoms with Gasteiger partial charge in [0, 0.05) is 11.8 Å². The van der Waals surface area contributed by atoms with Crippen molar-refractivity contribution < 1.29 is 0 Å². The molecule has 1 radical (unpaired) electrons. The minimum Gasteiger partial charge on any atom is -0.256 e. The zero-order chi connectivity index (χ0) is 8.39. The second kappa shape index (κ2) is 2.86. The average Bonchev–Trinajstić information content (AvgIpc) is 2.53. The quantitative estimate of drug-likeness (QED) is 0.593. The third-order valence-corrected chi connectivity index (χ3v) is 1.95. The summed E-state index contributed by atoms with van der Waals surface area (Å²) in [6.45, 7) is 2.08. The predicted molar refractivity (Wildman–Crippen MR) is 50.3 cm³/mol. The summed E-state index contributed by atoms with van der Waals surface area (Å²) in [5.41, 5.74) is 3.52. The molecular weight excluding hydrogens is 146 g/mol. The minimum atomic E-state index is 1.09. The second-order valence-corrected chi connectivity index (χ2v) is 2.84. The maximum absolute atomic E-state index is 4.29. The van der Waals surface area contributed by atoms with Gasteiger partial charge < -0.3 is 0 Å². The molecule has 0 saturated heterocycles. The Hall–Kier alpha value is -1.50. The Morgan fingerprint density at radius 3 is 2.42 bits per heavy atom. The van der Waals surface area contributed by atoms with Crippen LogP contribution in [-0.4, -0.2) is 0 Å². The van der Waals surface area contributed by atoms with Crippen LogP contribution in [0.4, 0.5) is 0 Å². The summed E-state index contributed by atoms with van der Waals surface area (Å²) >= 11 is 0. The zero-order valence-electron chi connectivity index (χ0n) is 6.99. The zero-order valence-corrected chi connectivity index (χ0v) is 6.99. The van der Waals surface area contributed by atoms with Crippen molar-refractivity contribution in [2.24, 2.45) is 0 Å². The van der Waals surface area contributed by atoms with E-state index in [0.29, 0.717) is 0 Å². The monoisotopic (exact) mass is 156 g/mol. The highest BCUT2D eigenvalue weighted by molar-refractivity contribution is 5.71. The van der Waals surface area contributed by atoms with Crippen LogP contribution < -0.4 is 5.32 Å². The maximum Gasteiger partial charge on any atom is 0.0731 e. The van der Waals surface area contributed by atoms with E-state index in [1.165, 1.54) is 11.1 Å². The summed E-state index contributed by atoms with van der Waals surface area (Å²) in [7, 11) is 0. The van der Waals surface area contributed by atoms with E-state index in [-0.39, 0.29) is 0 Å². The molecule has 0 amide bonds. The maximum atomic E-state index is 4.29. The Morgan fingerprint density at radius 1 is 1.08 bits per heavy atom. The molecule has 0 aliphatic carbocycles. The Morgan fingerprint density at radius 2 is 1.83 bits per heavy atom. The lowest BCUT2D eigenvalue weighted by Gasteiger charge is -2.01. The van der Waals surface area contributed by atoms with Gasteiger partial charge in [0.1, 0.15) is 0 Å². The van der Waals surface area contributed by atoms with Crippen LogP contribution in [0.15, 0.2) is 48.2 Å². The Balaban J connectivity index is 2.40. The summed E-state index contributed by atoms with van der Waals surface area (Å²) in [4.78, 5) is 0. The third kappa shape index (κ3) is 1.14. The normalized spacial score (nSPS) is 15.1. The Labute approximate surface area is 72.4 Å². The van der Waals surface area contributed by atoms with E-state index in [1.807, 2.05) is 30.5 Å². The van der Waals surface area contributed by atoms with E-state index in [0.717, 1.165) is 5.70 Å². The van der Waals surface area contributed by atoms with E-state index >= 15 is 0 Å². The van der Waals surface area contributed by atoms with Gasteiger partial charge in [0.05, 0.1) is 5.70 Å². The van der Waals surface area contributed by atoms with Crippen molar-refractivity contribution in [1.82, 2.24) is 5.32 Å². The SMILES string of the molecule is CC1=C(c2ccccc2)[N]C=C1. The van der Waals surface area contributed by atoms with Gasteiger partial charge in [-0.25, -0.2) is 0 Å². The van der Waals surface area contributed by atoms with Crippen molar-refractivity contribution in [2.45, 2.75) is 6.92 Å². The molecule has 1 nitrogen and oxygen atoms in total. The summed E-state index contributed by atoms with van der Waals surface area (Å²) in [6.07, 6.45) is 3.88. The molecule has 1 aliphatic rings. The fourth-order valence-electron chi connectivity index (χ4n) is 1.30. The third-order valence-electron chi connectivity index (χ3n) is 1.95. The van der Waals surface area contributed by atoms with E-state index in [9.17, 15) is 0 Å². The van der Waals surface area contributed by atoms with Crippen molar-refractivity contribution in [3.8, 4) is 0 Å². The Kier molecular flexibility index (Phi) is 1.71. The first kappa shape index (κ1) is 7.17. The van der Waals surface area contributed by atoms with Gasteiger partial charge in [0.25, 0.3) is 0 Å². The van der Waals surface area contributed by atoms with Gasteiger partial charge in [-0.05, 0) is 18.6 Å². The number of hydrogen-bond acceptors (Lipinski definition) is 0. The lowest BCUT2D eigenvalue weighted by molar-refractivity contribution is 1.22. The molecule has 1 aliphatic heterocycles. The highest BCUT2D eigenvalue weighted by atomic mass is 14.9. The molecule has 1 heterocycles. The predicted octanol–water partition coefficient (Wildman–Crippen LogP) is 2.55. The van der Waals surface area contributed by atoms with Crippen LogP contribution in [0.3, 0.4) is 0 Å². The van der Waals surface area contributed by atoms with E-state index < -0.39 is 0 Å². The van der Waals surface area contributed by atoms with E-state index in [1.54, 1.807) is 0 Å². The van der Waals surface area contributed by atoms with Crippen molar-refractivity contribution in [3.05, 3.63) is 53.7 Å². The molecule has 1 aromatic rings. The topological polar surface area (TPSA) is 14.1 Å². The van der Waals surface area contributed by atoms with Gasteiger partial charge >= 0.3 is 0 Å². The summed E-state index contributed by atoms with van der Waals surface area (Å²) in [5, 5.41) is 4.29. The molecule has 0 saturated carbocycles. The summed E-state index contributed by atoms with van der Waals surface area (Å²) < 4.78 is 0. The second-order valence-electron chi connectivity index (χ2n) is 2.84. The average molecular weight is 156 g/mol. The number of rotatable bonds is 1. The summed E-state index contributed by atoms with van der Waals surface area (Å²) in [6, 6.07) is 10.2. The molecule has 0 fully saturated rings. The largest absolute Gasteiger partial charge is 0.256 e. The van der Waals surface area contributed by atoms with Gasteiger partial charge in [0.15, 0.2) is 0 Å². The number of nitrogens with zero attached hydrogens (tertiary/aromatic N) is 1.